The summed E-state index contributed by atoms with van der Waals surface area (Å²) in [7, 11) is -2.37. The van der Waals surface area contributed by atoms with E-state index in [-0.39, 0.29) is 16.8 Å². The number of carbonyl (C=O) groups excluding carboxylic acids is 1. The monoisotopic (exact) mass is 463 g/mol. The molecule has 1 aromatic heterocycles. The molecule has 0 spiro atoms. The van der Waals surface area contributed by atoms with Crippen molar-refractivity contribution in [2.45, 2.75) is 19.4 Å². The van der Waals surface area contributed by atoms with Gasteiger partial charge in [-0.2, -0.15) is 0 Å². The van der Waals surface area contributed by atoms with Crippen molar-refractivity contribution >= 4 is 33.3 Å². The van der Waals surface area contributed by atoms with Gasteiger partial charge >= 0.3 is 0 Å². The van der Waals surface area contributed by atoms with Crippen LogP contribution in [0.2, 0.25) is 5.02 Å². The van der Waals surface area contributed by atoms with Crippen LogP contribution in [0.5, 0.6) is 11.5 Å². The van der Waals surface area contributed by atoms with Gasteiger partial charge in [-0.25, -0.2) is 26.9 Å². The summed E-state index contributed by atoms with van der Waals surface area (Å²) >= 11 is 6.17. The molecular formula is C18H20ClF2N3O5S. The van der Waals surface area contributed by atoms with Crippen molar-refractivity contribution in [3.63, 3.8) is 0 Å². The fourth-order valence-electron chi connectivity index (χ4n) is 2.37. The van der Waals surface area contributed by atoms with Gasteiger partial charge in [0.25, 0.3) is 5.91 Å². The van der Waals surface area contributed by atoms with E-state index in [1.807, 2.05) is 6.92 Å². The zero-order valence-corrected chi connectivity index (χ0v) is 17.9. The van der Waals surface area contributed by atoms with Crippen LogP contribution in [-0.2, 0) is 14.8 Å². The van der Waals surface area contributed by atoms with Crippen LogP contribution >= 0.6 is 11.6 Å². The summed E-state index contributed by atoms with van der Waals surface area (Å²) in [6, 6.07) is 2.49. The summed E-state index contributed by atoms with van der Waals surface area (Å²) in [4.78, 5) is 15.9. The summed E-state index contributed by atoms with van der Waals surface area (Å²) in [5, 5.41) is 3.28. The highest BCUT2D eigenvalue weighted by Crippen LogP contribution is 2.30. The maximum Gasteiger partial charge on any atom is 0.267 e. The summed E-state index contributed by atoms with van der Waals surface area (Å²) in [6.45, 7) is 2.40. The van der Waals surface area contributed by atoms with E-state index in [4.69, 9.17) is 21.1 Å². The van der Waals surface area contributed by atoms with Crippen molar-refractivity contribution in [3.05, 3.63) is 46.6 Å². The topological polar surface area (TPSA) is 107 Å². The molecule has 8 nitrogen and oxygen atoms in total. The Labute approximate surface area is 177 Å². The second-order valence-corrected chi connectivity index (χ2v) is 8.43. The lowest BCUT2D eigenvalue weighted by atomic mass is 10.2. The molecule has 30 heavy (non-hydrogen) atoms. The van der Waals surface area contributed by atoms with Crippen molar-refractivity contribution < 1.29 is 31.5 Å². The molecule has 2 aromatic rings. The van der Waals surface area contributed by atoms with E-state index < -0.39 is 38.9 Å². The molecule has 0 saturated heterocycles. The Hall–Kier alpha value is -2.50. The maximum absolute atomic E-state index is 14.3. The molecule has 1 heterocycles. The van der Waals surface area contributed by atoms with E-state index in [1.54, 1.807) is 11.8 Å². The van der Waals surface area contributed by atoms with Crippen molar-refractivity contribution in [3.8, 4) is 11.5 Å². The van der Waals surface area contributed by atoms with Crippen LogP contribution in [0.3, 0.4) is 0 Å². The lowest BCUT2D eigenvalue weighted by Crippen LogP contribution is -2.30. The molecular weight excluding hydrogens is 444 g/mol. The molecule has 1 amide bonds. The minimum absolute atomic E-state index is 0.0241. The molecule has 0 fully saturated rings. The molecule has 0 aliphatic rings. The van der Waals surface area contributed by atoms with Crippen LogP contribution in [0, 0.1) is 11.6 Å². The highest BCUT2D eigenvalue weighted by atomic mass is 35.5. The second kappa shape index (κ2) is 10.0. The van der Waals surface area contributed by atoms with Gasteiger partial charge in [-0.1, -0.05) is 18.5 Å². The van der Waals surface area contributed by atoms with Gasteiger partial charge in [-0.05, 0) is 12.5 Å². The first-order valence-electron chi connectivity index (χ1n) is 8.64. The third-order valence-electron chi connectivity index (χ3n) is 3.79. The molecule has 1 atom stereocenters. The van der Waals surface area contributed by atoms with Gasteiger partial charge in [0.15, 0.2) is 11.6 Å². The Morgan fingerprint density at radius 2 is 1.97 bits per heavy atom. The van der Waals surface area contributed by atoms with Crippen molar-refractivity contribution in [2.75, 3.05) is 25.3 Å². The van der Waals surface area contributed by atoms with Crippen LogP contribution < -0.4 is 14.8 Å². The SMILES string of the molecule is CCC(COC)Nc1ncc(Oc2cc(F)c(C(=O)NS(C)(=O)=O)cc2F)cc1Cl. The van der Waals surface area contributed by atoms with Gasteiger partial charge in [-0.3, -0.25) is 4.79 Å². The van der Waals surface area contributed by atoms with E-state index in [1.165, 1.54) is 12.3 Å². The summed E-state index contributed by atoms with van der Waals surface area (Å²) in [6.07, 6.45) is 2.73. The molecule has 0 radical (unpaired) electrons. The number of hydrogen-bond acceptors (Lipinski definition) is 7. The van der Waals surface area contributed by atoms with Crippen LogP contribution in [0.1, 0.15) is 23.7 Å². The van der Waals surface area contributed by atoms with E-state index in [2.05, 4.69) is 10.3 Å². The van der Waals surface area contributed by atoms with E-state index in [9.17, 15) is 22.0 Å². The number of hydrogen-bond donors (Lipinski definition) is 2. The van der Waals surface area contributed by atoms with Gasteiger partial charge < -0.3 is 14.8 Å². The minimum atomic E-state index is -3.94. The van der Waals surface area contributed by atoms with Crippen LogP contribution in [0.4, 0.5) is 14.6 Å². The van der Waals surface area contributed by atoms with Gasteiger partial charge in [0, 0.05) is 19.2 Å². The first-order valence-corrected chi connectivity index (χ1v) is 10.9. The summed E-state index contributed by atoms with van der Waals surface area (Å²) in [5.41, 5.74) is -0.787. The number of nitrogens with one attached hydrogen (secondary N) is 2. The molecule has 12 heteroatoms. The highest BCUT2D eigenvalue weighted by molar-refractivity contribution is 7.89. The van der Waals surface area contributed by atoms with Gasteiger partial charge in [0.2, 0.25) is 10.0 Å². The first kappa shape index (κ1) is 23.8. The van der Waals surface area contributed by atoms with Crippen molar-refractivity contribution in [1.29, 1.82) is 0 Å². The Morgan fingerprint density at radius 1 is 1.27 bits per heavy atom. The molecule has 0 aliphatic heterocycles. The Morgan fingerprint density at radius 3 is 2.53 bits per heavy atom. The summed E-state index contributed by atoms with van der Waals surface area (Å²) < 4.78 is 62.6. The van der Waals surface area contributed by atoms with Gasteiger partial charge in [0.05, 0.1) is 35.7 Å². The number of anilines is 1. The predicted molar refractivity (Wildman–Crippen MR) is 108 cm³/mol. The zero-order valence-electron chi connectivity index (χ0n) is 16.3. The van der Waals surface area contributed by atoms with Gasteiger partial charge in [0.1, 0.15) is 17.4 Å². The van der Waals surface area contributed by atoms with Gasteiger partial charge in [-0.15, -0.1) is 0 Å². The molecule has 1 unspecified atom stereocenters. The second-order valence-electron chi connectivity index (χ2n) is 6.27. The number of nitrogens with zero attached hydrogens (tertiary/aromatic N) is 1. The van der Waals surface area contributed by atoms with Crippen molar-refractivity contribution in [2.24, 2.45) is 0 Å². The number of carbonyl (C=O) groups is 1. The number of methoxy groups -OCH3 is 1. The quantitative estimate of drug-likeness (QED) is 0.587. The Balaban J connectivity index is 2.21. The zero-order chi connectivity index (χ0) is 22.5. The van der Waals surface area contributed by atoms with E-state index >= 15 is 0 Å². The molecule has 2 rings (SSSR count). The number of benzene rings is 1. The van der Waals surface area contributed by atoms with E-state index in [0.29, 0.717) is 30.8 Å². The molecule has 164 valence electrons. The molecule has 1 aromatic carbocycles. The average Bonchev–Trinajstić information content (AvgIpc) is 2.64. The largest absolute Gasteiger partial charge is 0.452 e. The molecule has 0 saturated carbocycles. The Kier molecular flexibility index (Phi) is 7.93. The molecule has 2 N–H and O–H groups in total. The molecule has 0 aliphatic carbocycles. The number of sulfonamides is 1. The third-order valence-corrected chi connectivity index (χ3v) is 4.63. The number of aromatic nitrogens is 1. The minimum Gasteiger partial charge on any atom is -0.452 e. The van der Waals surface area contributed by atoms with Crippen molar-refractivity contribution in [1.82, 2.24) is 9.71 Å². The van der Waals surface area contributed by atoms with Crippen LogP contribution in [0.25, 0.3) is 0 Å². The first-order chi connectivity index (χ1) is 14.0. The number of amides is 1. The maximum atomic E-state index is 14.3. The molecule has 0 bridgehead atoms. The lowest BCUT2D eigenvalue weighted by molar-refractivity contribution is 0.0977. The smallest absolute Gasteiger partial charge is 0.267 e. The highest BCUT2D eigenvalue weighted by Gasteiger charge is 2.20. The standard InChI is InChI=1S/C18H20ClF2N3O5S/c1-4-10(9-28-2)23-17-13(19)5-11(8-22-17)29-16-7-14(20)12(6-15(16)21)18(25)24-30(3,26)27/h5-8,10H,4,9H2,1-3H3,(H,22,23)(H,24,25). The number of pyridine rings is 1. The van der Waals surface area contributed by atoms with E-state index in [0.717, 1.165) is 6.42 Å². The number of rotatable bonds is 9. The number of halogens is 3. The Bertz CT molecular complexity index is 1040. The fourth-order valence-corrected chi connectivity index (χ4v) is 3.03. The predicted octanol–water partition coefficient (Wildman–Crippen LogP) is 3.33. The fraction of sp³-hybridized carbons (Fsp3) is 0.333. The number of ether oxygens (including phenoxy) is 2. The summed E-state index contributed by atoms with van der Waals surface area (Å²) in [5.74, 6) is -3.70. The van der Waals surface area contributed by atoms with Crippen LogP contribution in [0.15, 0.2) is 24.4 Å². The lowest BCUT2D eigenvalue weighted by Gasteiger charge is -2.17. The normalized spacial score (nSPS) is 12.3. The third kappa shape index (κ3) is 6.51. The average molecular weight is 464 g/mol. The van der Waals surface area contributed by atoms with Crippen LogP contribution in [-0.4, -0.2) is 45.3 Å².